The molecular weight excluding hydrogens is 442 g/mol. The Labute approximate surface area is 206 Å². The molecular formula is C28H35N3O4. The number of para-hydroxylation sites is 1. The molecule has 0 unspecified atom stereocenters. The lowest BCUT2D eigenvalue weighted by atomic mass is 10.00. The number of aliphatic hydroxyl groups excluding tert-OH is 1. The van der Waals surface area contributed by atoms with Crippen molar-refractivity contribution in [2.24, 2.45) is 12.8 Å². The van der Waals surface area contributed by atoms with Gasteiger partial charge in [-0.3, -0.25) is 0 Å². The van der Waals surface area contributed by atoms with Crippen LogP contribution in [-0.4, -0.2) is 52.4 Å². The van der Waals surface area contributed by atoms with Crippen molar-refractivity contribution in [1.82, 2.24) is 9.55 Å². The van der Waals surface area contributed by atoms with Gasteiger partial charge in [-0.2, -0.15) is 0 Å². The van der Waals surface area contributed by atoms with Crippen molar-refractivity contribution in [3.8, 4) is 17.1 Å². The van der Waals surface area contributed by atoms with Gasteiger partial charge >= 0.3 is 0 Å². The van der Waals surface area contributed by atoms with E-state index in [2.05, 4.69) is 48.9 Å². The van der Waals surface area contributed by atoms with Gasteiger partial charge < -0.3 is 29.6 Å². The fourth-order valence-corrected chi connectivity index (χ4v) is 5.11. The second-order valence-corrected chi connectivity index (χ2v) is 9.63. The van der Waals surface area contributed by atoms with E-state index in [-0.39, 0.29) is 18.4 Å². The molecule has 7 heteroatoms. The molecule has 0 aliphatic carbocycles. The molecule has 0 saturated carbocycles. The summed E-state index contributed by atoms with van der Waals surface area (Å²) >= 11 is 0. The second kappa shape index (κ2) is 10.1. The van der Waals surface area contributed by atoms with Crippen molar-refractivity contribution < 1.29 is 19.3 Å². The number of nitrogens with two attached hydrogens (primary N) is 1. The van der Waals surface area contributed by atoms with Crippen molar-refractivity contribution >= 4 is 21.8 Å². The number of nitrogens with zero attached hydrogens (tertiary/aromatic N) is 2. The summed E-state index contributed by atoms with van der Waals surface area (Å²) in [6.45, 7) is 5.28. The van der Waals surface area contributed by atoms with Crippen LogP contribution in [0, 0.1) is 6.92 Å². The van der Waals surface area contributed by atoms with Crippen molar-refractivity contribution in [1.29, 1.82) is 0 Å². The molecule has 1 saturated heterocycles. The van der Waals surface area contributed by atoms with Crippen LogP contribution in [0.25, 0.3) is 33.2 Å². The fraction of sp³-hybridized carbons (Fsp3) is 0.464. The van der Waals surface area contributed by atoms with Crippen molar-refractivity contribution in [3.05, 3.63) is 48.0 Å². The van der Waals surface area contributed by atoms with E-state index in [4.69, 9.17) is 24.9 Å². The van der Waals surface area contributed by atoms with Crippen LogP contribution in [0.15, 0.2) is 42.5 Å². The minimum Gasteiger partial charge on any atom is -0.494 e. The van der Waals surface area contributed by atoms with Crippen LogP contribution in [0.1, 0.15) is 38.2 Å². The number of aliphatic hydroxyl groups is 1. The summed E-state index contributed by atoms with van der Waals surface area (Å²) in [4.78, 5) is 4.87. The van der Waals surface area contributed by atoms with Gasteiger partial charge in [-0.1, -0.05) is 18.2 Å². The molecule has 0 bridgehead atoms. The van der Waals surface area contributed by atoms with Gasteiger partial charge in [0.2, 0.25) is 0 Å². The van der Waals surface area contributed by atoms with Gasteiger partial charge in [-0.25, -0.2) is 4.98 Å². The number of rotatable bonds is 8. The van der Waals surface area contributed by atoms with Gasteiger partial charge in [0.05, 0.1) is 24.3 Å². The van der Waals surface area contributed by atoms with Crippen molar-refractivity contribution in [2.45, 2.75) is 64.1 Å². The predicted molar refractivity (Wildman–Crippen MR) is 138 cm³/mol. The number of aromatic nitrogens is 2. The molecule has 4 atom stereocenters. The standard InChI is InChI=1S/C28H35N3O4/c1-17-21-15-19(33-13-7-4-8-14-34-25-16-22(29)27(32)18(2)35-25)11-12-24(21)31(3)28-26(17)20-9-5-6-10-23(20)30-28/h5-6,9-12,15,18,22,25,27,32H,4,7-8,13-14,16,29H2,1-3H3/t18-,22-,25+,27+/m0/s1. The van der Waals surface area contributed by atoms with Crippen LogP contribution < -0.4 is 10.5 Å². The lowest BCUT2D eigenvalue weighted by Gasteiger charge is -2.35. The minimum absolute atomic E-state index is 0.296. The maximum Gasteiger partial charge on any atom is 0.159 e. The molecule has 35 heavy (non-hydrogen) atoms. The average molecular weight is 478 g/mol. The van der Waals surface area contributed by atoms with E-state index < -0.39 is 6.10 Å². The number of hydrogen-bond acceptors (Lipinski definition) is 6. The topological polar surface area (TPSA) is 91.8 Å². The Hall–Kier alpha value is -2.71. The summed E-state index contributed by atoms with van der Waals surface area (Å²) in [5.41, 5.74) is 10.6. The smallest absolute Gasteiger partial charge is 0.159 e. The van der Waals surface area contributed by atoms with Crippen LogP contribution in [0.2, 0.25) is 0 Å². The van der Waals surface area contributed by atoms with Gasteiger partial charge in [-0.05, 0) is 62.9 Å². The van der Waals surface area contributed by atoms with E-state index in [9.17, 15) is 5.11 Å². The molecule has 0 aromatic heterocycles. The largest absolute Gasteiger partial charge is 0.494 e. The van der Waals surface area contributed by atoms with Crippen LogP contribution in [-0.2, 0) is 16.5 Å². The van der Waals surface area contributed by atoms with Crippen LogP contribution >= 0.6 is 0 Å². The summed E-state index contributed by atoms with van der Waals surface area (Å²) in [6.07, 6.45) is 2.15. The molecule has 1 fully saturated rings. The highest BCUT2D eigenvalue weighted by atomic mass is 16.7. The van der Waals surface area contributed by atoms with Crippen LogP contribution in [0.4, 0.5) is 0 Å². The predicted octanol–water partition coefficient (Wildman–Crippen LogP) is 4.53. The van der Waals surface area contributed by atoms with E-state index in [0.29, 0.717) is 19.6 Å². The van der Waals surface area contributed by atoms with Gasteiger partial charge in [-0.15, -0.1) is 0 Å². The Morgan fingerprint density at radius 3 is 2.74 bits per heavy atom. The second-order valence-electron chi connectivity index (χ2n) is 9.63. The zero-order chi connectivity index (χ0) is 24.5. The van der Waals surface area contributed by atoms with Crippen molar-refractivity contribution in [2.75, 3.05) is 13.2 Å². The molecule has 2 aromatic carbocycles. The number of aryl methyl sites for hydroxylation is 2. The van der Waals surface area contributed by atoms with E-state index >= 15 is 0 Å². The lowest BCUT2D eigenvalue weighted by molar-refractivity contribution is -0.222. The molecule has 7 nitrogen and oxygen atoms in total. The maximum absolute atomic E-state index is 9.87. The molecule has 3 aliphatic heterocycles. The van der Waals surface area contributed by atoms with Gasteiger partial charge in [0.25, 0.3) is 0 Å². The monoisotopic (exact) mass is 477 g/mol. The van der Waals surface area contributed by atoms with Crippen LogP contribution in [0.5, 0.6) is 5.75 Å². The Kier molecular flexibility index (Phi) is 6.93. The number of ether oxygens (including phenoxy) is 3. The molecule has 3 N–H and O–H groups in total. The number of benzene rings is 2. The molecule has 3 heterocycles. The summed E-state index contributed by atoms with van der Waals surface area (Å²) in [5, 5.41) is 12.3. The van der Waals surface area contributed by atoms with Crippen molar-refractivity contribution in [3.63, 3.8) is 0 Å². The zero-order valence-electron chi connectivity index (χ0n) is 20.7. The van der Waals surface area contributed by atoms with E-state index in [1.54, 1.807) is 0 Å². The molecule has 3 aliphatic rings. The number of fused-ring (bicyclic) bond motifs is 4. The molecule has 5 rings (SSSR count). The molecule has 2 aromatic rings. The normalized spacial score (nSPS) is 22.9. The highest BCUT2D eigenvalue weighted by Gasteiger charge is 2.33. The number of pyridine rings is 1. The first-order valence-electron chi connectivity index (χ1n) is 12.5. The SMILES string of the molecule is Cc1c2c3ccccc3nc-2n(C)c2ccc(OCCCCCO[C@H]3C[C@H](N)[C@H](O)[C@H](C)O3)cc12. The van der Waals surface area contributed by atoms with Gasteiger partial charge in [0.1, 0.15) is 11.6 Å². The third-order valence-electron chi connectivity index (χ3n) is 7.16. The molecule has 0 amide bonds. The molecule has 186 valence electrons. The summed E-state index contributed by atoms with van der Waals surface area (Å²) in [7, 11) is 2.08. The highest BCUT2D eigenvalue weighted by Crippen LogP contribution is 2.38. The minimum atomic E-state index is -0.625. The summed E-state index contributed by atoms with van der Waals surface area (Å²) in [6, 6.07) is 14.3. The Balaban J connectivity index is 1.16. The van der Waals surface area contributed by atoms with E-state index in [1.807, 2.05) is 19.1 Å². The Bertz CT molecular complexity index is 1270. The summed E-state index contributed by atoms with van der Waals surface area (Å²) in [5.74, 6) is 1.90. The zero-order valence-corrected chi connectivity index (χ0v) is 20.7. The van der Waals surface area contributed by atoms with Gasteiger partial charge in [0, 0.05) is 48.0 Å². The van der Waals surface area contributed by atoms with E-state index in [0.717, 1.165) is 41.9 Å². The molecule has 0 spiro atoms. The summed E-state index contributed by atoms with van der Waals surface area (Å²) < 4.78 is 19.7. The van der Waals surface area contributed by atoms with Gasteiger partial charge in [0.15, 0.2) is 6.29 Å². The third kappa shape index (κ3) is 4.74. The lowest BCUT2D eigenvalue weighted by Crippen LogP contribution is -2.51. The first kappa shape index (κ1) is 24.0. The molecule has 0 radical (unpaired) electrons. The average Bonchev–Trinajstić information content (AvgIpc) is 3.25. The fourth-order valence-electron chi connectivity index (χ4n) is 5.11. The first-order chi connectivity index (χ1) is 16.9. The maximum atomic E-state index is 9.87. The quantitative estimate of drug-likeness (QED) is 0.362. The Morgan fingerprint density at radius 2 is 1.91 bits per heavy atom. The number of unbranched alkanes of at least 4 members (excludes halogenated alkanes) is 2. The number of hydrogen-bond donors (Lipinski definition) is 2. The highest BCUT2D eigenvalue weighted by molar-refractivity contribution is 6.03. The first-order valence-corrected chi connectivity index (χ1v) is 12.5. The Morgan fingerprint density at radius 1 is 1.11 bits per heavy atom. The van der Waals surface area contributed by atoms with E-state index in [1.165, 1.54) is 21.9 Å². The third-order valence-corrected chi connectivity index (χ3v) is 7.16. The van der Waals surface area contributed by atoms with Crippen LogP contribution in [0.3, 0.4) is 0 Å².